The van der Waals surface area contributed by atoms with E-state index < -0.39 is 11.4 Å². The van der Waals surface area contributed by atoms with E-state index in [0.717, 1.165) is 12.5 Å². The van der Waals surface area contributed by atoms with Gasteiger partial charge in [-0.15, -0.1) is 0 Å². The fraction of sp³-hybridized carbons (Fsp3) is 0.513. The first kappa shape index (κ1) is 42.2. The topological polar surface area (TPSA) is 212 Å². The minimum Gasteiger partial charge on any atom is -0.484 e. The summed E-state index contributed by atoms with van der Waals surface area (Å²) < 4.78 is 21.4. The normalized spacial score (nSPS) is 18.4. The van der Waals surface area contributed by atoms with Crippen molar-refractivity contribution in [2.24, 2.45) is 11.3 Å². The van der Waals surface area contributed by atoms with E-state index in [-0.39, 0.29) is 74.8 Å². The molecule has 16 heteroatoms. The molecule has 4 N–H and O–H groups in total. The van der Waals surface area contributed by atoms with E-state index in [2.05, 4.69) is 43.0 Å². The standard InChI is InChI=1S/C37H48N6O8.C2H4O2/c1-26-34(42-51-41-26)49-20-16-39-36(47)37(14-19-48-2)23-27-10-12-31(13-11-27)50-24-33(45)38-15-6-18-43(17-5-9-32(44)40-25-37)35(46)30-21-28-7-3-4-8-29(28)22-30;1-2(3)4/h3-4,7-8,10-13,30H,5-6,9,14-25H2,1-2H3,(H,38,45)(H,39,47)(H,40,44);1H3,(H,3,4). The van der Waals surface area contributed by atoms with Gasteiger partial charge >= 0.3 is 0 Å². The number of methoxy groups -OCH3 is 1. The lowest BCUT2D eigenvalue weighted by Gasteiger charge is -2.33. The molecule has 1 aromatic heterocycles. The number of fused-ring (bicyclic) bond motifs is 18. The molecule has 2 aliphatic heterocycles. The fourth-order valence-electron chi connectivity index (χ4n) is 6.57. The van der Waals surface area contributed by atoms with E-state index in [4.69, 9.17) is 24.1 Å². The Morgan fingerprint density at radius 1 is 0.982 bits per heavy atom. The quantitative estimate of drug-likeness (QED) is 0.231. The number of rotatable bonds is 9. The molecule has 3 aliphatic rings. The van der Waals surface area contributed by atoms with E-state index in [1.54, 1.807) is 26.2 Å². The van der Waals surface area contributed by atoms with E-state index in [1.165, 1.54) is 11.1 Å². The molecule has 55 heavy (non-hydrogen) atoms. The summed E-state index contributed by atoms with van der Waals surface area (Å²) in [5, 5.41) is 23.7. The number of amides is 4. The van der Waals surface area contributed by atoms with Gasteiger partial charge in [-0.1, -0.05) is 41.6 Å². The van der Waals surface area contributed by atoms with Gasteiger partial charge in [0.15, 0.2) is 6.61 Å². The van der Waals surface area contributed by atoms with Crippen LogP contribution in [0.3, 0.4) is 0 Å². The Morgan fingerprint density at radius 2 is 1.67 bits per heavy atom. The molecule has 298 valence electrons. The summed E-state index contributed by atoms with van der Waals surface area (Å²) in [6.45, 7) is 4.54. The Hall–Kier alpha value is -5.51. The minimum absolute atomic E-state index is 0.0561. The molecule has 3 aromatic rings. The van der Waals surface area contributed by atoms with Crippen molar-refractivity contribution in [1.82, 2.24) is 31.2 Å². The van der Waals surface area contributed by atoms with Gasteiger partial charge in [-0.3, -0.25) is 24.0 Å². The highest BCUT2D eigenvalue weighted by Gasteiger charge is 2.39. The first-order chi connectivity index (χ1) is 26.5. The fourth-order valence-corrected chi connectivity index (χ4v) is 6.57. The Morgan fingerprint density at radius 3 is 2.33 bits per heavy atom. The smallest absolute Gasteiger partial charge is 0.300 e. The Bertz CT molecular complexity index is 1700. The predicted octanol–water partition coefficient (Wildman–Crippen LogP) is 2.27. The van der Waals surface area contributed by atoms with Crippen molar-refractivity contribution in [1.29, 1.82) is 0 Å². The Balaban J connectivity index is 0.00000160. The zero-order valence-corrected chi connectivity index (χ0v) is 31.8. The molecular weight excluding hydrogens is 712 g/mol. The number of carbonyl (C=O) groups excluding carboxylic acids is 4. The molecule has 1 aliphatic carbocycles. The van der Waals surface area contributed by atoms with E-state index in [9.17, 15) is 19.2 Å². The van der Waals surface area contributed by atoms with Crippen LogP contribution in [-0.2, 0) is 48.0 Å². The number of nitrogens with one attached hydrogen (secondary N) is 3. The summed E-state index contributed by atoms with van der Waals surface area (Å²) in [6, 6.07) is 15.3. The van der Waals surface area contributed by atoms with Crippen molar-refractivity contribution in [3.8, 4) is 11.6 Å². The molecule has 0 radical (unpaired) electrons. The molecule has 2 aromatic carbocycles. The van der Waals surface area contributed by atoms with Gasteiger partial charge in [-0.2, -0.15) is 0 Å². The number of aliphatic carboxylic acids is 1. The molecule has 3 heterocycles. The first-order valence-electron chi connectivity index (χ1n) is 18.5. The highest BCUT2D eigenvalue weighted by molar-refractivity contribution is 5.85. The number of ether oxygens (including phenoxy) is 3. The van der Waals surface area contributed by atoms with Crippen LogP contribution in [0, 0.1) is 18.3 Å². The van der Waals surface area contributed by atoms with Crippen LogP contribution < -0.4 is 25.4 Å². The van der Waals surface area contributed by atoms with Crippen LogP contribution in [0.25, 0.3) is 0 Å². The number of hydrogen-bond donors (Lipinski definition) is 4. The Labute approximate surface area is 320 Å². The van der Waals surface area contributed by atoms with Gasteiger partial charge in [-0.25, -0.2) is 4.63 Å². The van der Waals surface area contributed by atoms with E-state index >= 15 is 0 Å². The van der Waals surface area contributed by atoms with Crippen LogP contribution in [0.5, 0.6) is 11.6 Å². The molecular formula is C39H52N6O10. The van der Waals surface area contributed by atoms with E-state index in [0.29, 0.717) is 69.6 Å². The van der Waals surface area contributed by atoms with E-state index in [1.807, 2.05) is 29.2 Å². The zero-order valence-electron chi connectivity index (χ0n) is 31.8. The number of aromatic nitrogens is 2. The predicted molar refractivity (Wildman–Crippen MR) is 199 cm³/mol. The molecule has 0 spiro atoms. The summed E-state index contributed by atoms with van der Waals surface area (Å²) in [7, 11) is 1.57. The van der Waals surface area contributed by atoms with Gasteiger partial charge in [0.1, 0.15) is 18.1 Å². The highest BCUT2D eigenvalue weighted by Crippen LogP contribution is 2.30. The molecule has 0 fully saturated rings. The molecule has 16 nitrogen and oxygen atoms in total. The van der Waals surface area contributed by atoms with Gasteiger partial charge in [0.05, 0.1) is 12.0 Å². The maximum Gasteiger partial charge on any atom is 0.300 e. The largest absolute Gasteiger partial charge is 0.484 e. The molecule has 0 saturated carbocycles. The van der Waals surface area contributed by atoms with Gasteiger partial charge in [-0.05, 0) is 79.4 Å². The second kappa shape index (κ2) is 21.4. The van der Waals surface area contributed by atoms with Gasteiger partial charge < -0.3 is 40.2 Å². The third kappa shape index (κ3) is 13.4. The number of carbonyl (C=O) groups is 5. The number of aryl methyl sites for hydroxylation is 1. The summed E-state index contributed by atoms with van der Waals surface area (Å²) in [5.41, 5.74) is 2.66. The lowest BCUT2D eigenvalue weighted by atomic mass is 9.77. The van der Waals surface area contributed by atoms with Crippen molar-refractivity contribution < 1.29 is 47.9 Å². The molecule has 6 rings (SSSR count). The number of hydrogen-bond acceptors (Lipinski definition) is 11. The lowest BCUT2D eigenvalue weighted by Crippen LogP contribution is -2.51. The molecule has 2 bridgehead atoms. The average molecular weight is 765 g/mol. The van der Waals surface area contributed by atoms with Crippen LogP contribution in [0.4, 0.5) is 0 Å². The average Bonchev–Trinajstić information content (AvgIpc) is 3.80. The van der Waals surface area contributed by atoms with Crippen molar-refractivity contribution in [3.63, 3.8) is 0 Å². The second-order valence-electron chi connectivity index (χ2n) is 13.7. The molecule has 0 saturated heterocycles. The summed E-state index contributed by atoms with van der Waals surface area (Å²) in [4.78, 5) is 64.5. The maximum atomic E-state index is 14.0. The summed E-state index contributed by atoms with van der Waals surface area (Å²) >= 11 is 0. The monoisotopic (exact) mass is 764 g/mol. The van der Waals surface area contributed by atoms with Gasteiger partial charge in [0.2, 0.25) is 17.7 Å². The Kier molecular flexibility index (Phi) is 16.4. The highest BCUT2D eigenvalue weighted by atomic mass is 16.6. The van der Waals surface area contributed by atoms with Crippen LogP contribution in [-0.4, -0.2) is 110 Å². The van der Waals surface area contributed by atoms with Crippen LogP contribution >= 0.6 is 0 Å². The SMILES string of the molecule is CC(=O)O.COCCC1(C(=O)NCCOc2nonc2C)CNC(=O)CCCN(C(=O)C2Cc3ccccc3C2)CCCNC(=O)COc2ccc(cc2)C1. The molecule has 1 atom stereocenters. The summed E-state index contributed by atoms with van der Waals surface area (Å²) in [5.74, 6) is -0.920. The lowest BCUT2D eigenvalue weighted by molar-refractivity contribution is -0.136. The van der Waals surface area contributed by atoms with Crippen LogP contribution in [0.1, 0.15) is 55.0 Å². The summed E-state index contributed by atoms with van der Waals surface area (Å²) in [6.07, 6.45) is 3.19. The van der Waals surface area contributed by atoms with Crippen molar-refractivity contribution in [2.45, 2.75) is 58.8 Å². The maximum absolute atomic E-state index is 14.0. The molecule has 4 amide bonds. The first-order valence-corrected chi connectivity index (χ1v) is 18.5. The number of nitrogens with zero attached hydrogens (tertiary/aromatic N) is 3. The zero-order chi connectivity index (χ0) is 39.6. The minimum atomic E-state index is -1.07. The van der Waals surface area contributed by atoms with Crippen LogP contribution in [0.2, 0.25) is 0 Å². The van der Waals surface area contributed by atoms with Crippen molar-refractivity contribution >= 4 is 29.6 Å². The third-order valence-corrected chi connectivity index (χ3v) is 9.43. The van der Waals surface area contributed by atoms with Crippen molar-refractivity contribution in [3.05, 3.63) is 70.9 Å². The molecule has 1 unspecified atom stereocenters. The number of carboxylic acids is 1. The van der Waals surface area contributed by atoms with Crippen LogP contribution in [0.15, 0.2) is 53.2 Å². The third-order valence-electron chi connectivity index (χ3n) is 9.43. The second-order valence-corrected chi connectivity index (χ2v) is 13.7. The van der Waals surface area contributed by atoms with Gasteiger partial charge in [0, 0.05) is 59.2 Å². The number of benzene rings is 2. The van der Waals surface area contributed by atoms with Gasteiger partial charge in [0.25, 0.3) is 17.8 Å². The van der Waals surface area contributed by atoms with Crippen molar-refractivity contribution in [2.75, 3.05) is 59.7 Å². The number of carboxylic acid groups (broad SMARTS) is 1.